The summed E-state index contributed by atoms with van der Waals surface area (Å²) in [6.07, 6.45) is 0. The lowest BCUT2D eigenvalue weighted by atomic mass is 10.1. The highest BCUT2D eigenvalue weighted by atomic mass is 32.2. The van der Waals surface area contributed by atoms with Crippen molar-refractivity contribution in [1.82, 2.24) is 9.21 Å². The second-order valence-electron chi connectivity index (χ2n) is 7.12. The summed E-state index contributed by atoms with van der Waals surface area (Å²) < 4.78 is 27.5. The van der Waals surface area contributed by atoms with E-state index < -0.39 is 10.0 Å². The average molecular weight is 402 g/mol. The van der Waals surface area contributed by atoms with Gasteiger partial charge in [-0.2, -0.15) is 4.31 Å². The lowest BCUT2D eigenvalue weighted by Crippen LogP contribution is -2.48. The summed E-state index contributed by atoms with van der Waals surface area (Å²) in [6.45, 7) is 9.38. The Labute approximate surface area is 167 Å². The number of amides is 1. The van der Waals surface area contributed by atoms with Crippen LogP contribution in [0, 0.1) is 13.8 Å². The molecular weight excluding hydrogens is 374 g/mol. The van der Waals surface area contributed by atoms with Crippen LogP contribution in [0.4, 0.5) is 5.69 Å². The van der Waals surface area contributed by atoms with E-state index in [1.807, 2.05) is 26.0 Å². The number of hydrogen-bond donors (Lipinski definition) is 1. The normalized spacial score (nSPS) is 16.1. The molecule has 0 unspecified atom stereocenters. The minimum absolute atomic E-state index is 0.204. The smallest absolute Gasteiger partial charge is 0.255 e. The number of nitrogens with one attached hydrogen (secondary N) is 1. The maximum absolute atomic E-state index is 13.0. The Morgan fingerprint density at radius 1 is 1.00 bits per heavy atom. The lowest BCUT2D eigenvalue weighted by molar-refractivity contribution is 0.102. The molecule has 1 heterocycles. The van der Waals surface area contributed by atoms with Crippen LogP contribution in [0.2, 0.25) is 0 Å². The van der Waals surface area contributed by atoms with Gasteiger partial charge in [-0.1, -0.05) is 19.1 Å². The monoisotopic (exact) mass is 401 g/mol. The molecule has 2 aromatic carbocycles. The molecule has 0 bridgehead atoms. The van der Waals surface area contributed by atoms with Crippen molar-refractivity contribution in [2.24, 2.45) is 0 Å². The van der Waals surface area contributed by atoms with Crippen LogP contribution in [0.25, 0.3) is 0 Å². The SMILES string of the molecule is CCN1CCN(S(=O)(=O)c2cccc(NC(=O)c3ccc(C)c(C)c3)c2)CC1. The standard InChI is InChI=1S/C21H27N3O3S/c1-4-23-10-12-24(13-11-23)28(26,27)20-7-5-6-19(15-20)22-21(25)18-9-8-16(2)17(3)14-18/h5-9,14-15H,4,10-13H2,1-3H3,(H,22,25). The van der Waals surface area contributed by atoms with Crippen LogP contribution in [-0.2, 0) is 10.0 Å². The van der Waals surface area contributed by atoms with Crippen molar-refractivity contribution in [1.29, 1.82) is 0 Å². The summed E-state index contributed by atoms with van der Waals surface area (Å²) in [4.78, 5) is 15.0. The van der Waals surface area contributed by atoms with Gasteiger partial charge in [-0.15, -0.1) is 0 Å². The van der Waals surface area contributed by atoms with Gasteiger partial charge in [0, 0.05) is 37.4 Å². The van der Waals surface area contributed by atoms with Crippen molar-refractivity contribution in [3.8, 4) is 0 Å². The molecule has 0 atom stereocenters. The molecule has 1 saturated heterocycles. The summed E-state index contributed by atoms with van der Waals surface area (Å²) in [5.41, 5.74) is 3.17. The van der Waals surface area contributed by atoms with Gasteiger partial charge in [0.05, 0.1) is 4.90 Å². The predicted octanol–water partition coefficient (Wildman–Crippen LogP) is 2.88. The molecular formula is C21H27N3O3S. The van der Waals surface area contributed by atoms with E-state index in [1.54, 1.807) is 24.3 Å². The average Bonchev–Trinajstić information content (AvgIpc) is 2.70. The third kappa shape index (κ3) is 4.43. The first-order valence-electron chi connectivity index (χ1n) is 9.52. The number of anilines is 1. The number of aryl methyl sites for hydroxylation is 2. The zero-order valence-corrected chi connectivity index (χ0v) is 17.4. The van der Waals surface area contributed by atoms with Crippen LogP contribution < -0.4 is 5.32 Å². The summed E-state index contributed by atoms with van der Waals surface area (Å²) >= 11 is 0. The Morgan fingerprint density at radius 2 is 1.71 bits per heavy atom. The molecule has 3 rings (SSSR count). The van der Waals surface area contributed by atoms with Gasteiger partial charge in [0.2, 0.25) is 10.0 Å². The van der Waals surface area contributed by atoms with Crippen molar-refractivity contribution >= 4 is 21.6 Å². The molecule has 0 aliphatic carbocycles. The van der Waals surface area contributed by atoms with E-state index in [4.69, 9.17) is 0 Å². The molecule has 6 nitrogen and oxygen atoms in total. The molecule has 1 fully saturated rings. The summed E-state index contributed by atoms with van der Waals surface area (Å²) in [7, 11) is -3.57. The number of likely N-dealkylation sites (N-methyl/N-ethyl adjacent to an activating group) is 1. The van der Waals surface area contributed by atoms with Gasteiger partial charge in [0.15, 0.2) is 0 Å². The van der Waals surface area contributed by atoms with Crippen molar-refractivity contribution in [2.45, 2.75) is 25.7 Å². The maximum Gasteiger partial charge on any atom is 0.255 e. The van der Waals surface area contributed by atoms with Gasteiger partial charge < -0.3 is 10.2 Å². The van der Waals surface area contributed by atoms with E-state index in [9.17, 15) is 13.2 Å². The summed E-state index contributed by atoms with van der Waals surface area (Å²) in [5, 5.41) is 2.81. The highest BCUT2D eigenvalue weighted by Crippen LogP contribution is 2.21. The van der Waals surface area contributed by atoms with E-state index in [1.165, 1.54) is 10.4 Å². The molecule has 0 radical (unpaired) electrons. The minimum atomic E-state index is -3.57. The molecule has 0 spiro atoms. The summed E-state index contributed by atoms with van der Waals surface area (Å²) in [6, 6.07) is 12.0. The lowest BCUT2D eigenvalue weighted by Gasteiger charge is -2.33. The molecule has 1 aliphatic heterocycles. The molecule has 7 heteroatoms. The number of sulfonamides is 1. The van der Waals surface area contributed by atoms with Gasteiger partial charge in [0.25, 0.3) is 5.91 Å². The molecule has 150 valence electrons. The third-order valence-electron chi connectivity index (χ3n) is 5.28. The quantitative estimate of drug-likeness (QED) is 0.836. The largest absolute Gasteiger partial charge is 0.322 e. The van der Waals surface area contributed by atoms with Crippen molar-refractivity contribution in [2.75, 3.05) is 38.0 Å². The Kier molecular flexibility index (Phi) is 6.17. The second kappa shape index (κ2) is 8.43. The Morgan fingerprint density at radius 3 is 2.36 bits per heavy atom. The molecule has 0 aromatic heterocycles. The topological polar surface area (TPSA) is 69.7 Å². The van der Waals surface area contributed by atoms with Gasteiger partial charge in [0.1, 0.15) is 0 Å². The first-order valence-corrected chi connectivity index (χ1v) is 11.0. The molecule has 1 N–H and O–H groups in total. The van der Waals surface area contributed by atoms with Crippen LogP contribution in [0.1, 0.15) is 28.4 Å². The summed E-state index contributed by atoms with van der Waals surface area (Å²) in [5.74, 6) is -0.255. The van der Waals surface area contributed by atoms with Crippen LogP contribution in [0.15, 0.2) is 47.4 Å². The first kappa shape index (κ1) is 20.5. The van der Waals surface area contributed by atoms with Crippen molar-refractivity contribution < 1.29 is 13.2 Å². The number of carbonyl (C=O) groups excluding carboxylic acids is 1. The molecule has 0 saturated carbocycles. The van der Waals surface area contributed by atoms with E-state index in [0.717, 1.165) is 30.8 Å². The third-order valence-corrected chi connectivity index (χ3v) is 7.17. The maximum atomic E-state index is 13.0. The predicted molar refractivity (Wildman–Crippen MR) is 111 cm³/mol. The second-order valence-corrected chi connectivity index (χ2v) is 9.06. The number of rotatable bonds is 5. The fourth-order valence-electron chi connectivity index (χ4n) is 3.26. The Hall–Kier alpha value is -2.22. The Bertz CT molecular complexity index is 965. The highest BCUT2D eigenvalue weighted by Gasteiger charge is 2.28. The highest BCUT2D eigenvalue weighted by molar-refractivity contribution is 7.89. The van der Waals surface area contributed by atoms with Gasteiger partial charge >= 0.3 is 0 Å². The van der Waals surface area contributed by atoms with Crippen LogP contribution >= 0.6 is 0 Å². The van der Waals surface area contributed by atoms with Crippen LogP contribution in [0.5, 0.6) is 0 Å². The van der Waals surface area contributed by atoms with Crippen LogP contribution in [-0.4, -0.2) is 56.3 Å². The van der Waals surface area contributed by atoms with E-state index in [-0.39, 0.29) is 10.8 Å². The molecule has 28 heavy (non-hydrogen) atoms. The zero-order chi connectivity index (χ0) is 20.3. The fraction of sp³-hybridized carbons (Fsp3) is 0.381. The number of benzene rings is 2. The van der Waals surface area contributed by atoms with E-state index >= 15 is 0 Å². The Balaban J connectivity index is 1.76. The fourth-order valence-corrected chi connectivity index (χ4v) is 4.72. The van der Waals surface area contributed by atoms with E-state index in [2.05, 4.69) is 17.1 Å². The number of nitrogens with zero attached hydrogens (tertiary/aromatic N) is 2. The number of piperazine rings is 1. The van der Waals surface area contributed by atoms with Crippen molar-refractivity contribution in [3.63, 3.8) is 0 Å². The van der Waals surface area contributed by atoms with Gasteiger partial charge in [-0.05, 0) is 61.9 Å². The van der Waals surface area contributed by atoms with Crippen molar-refractivity contribution in [3.05, 3.63) is 59.2 Å². The van der Waals surface area contributed by atoms with E-state index in [0.29, 0.717) is 24.3 Å². The van der Waals surface area contributed by atoms with Crippen LogP contribution in [0.3, 0.4) is 0 Å². The zero-order valence-electron chi connectivity index (χ0n) is 16.6. The molecule has 1 amide bonds. The first-order chi connectivity index (χ1) is 13.3. The minimum Gasteiger partial charge on any atom is -0.322 e. The molecule has 2 aromatic rings. The molecule has 1 aliphatic rings. The number of carbonyl (C=O) groups is 1. The number of hydrogen-bond acceptors (Lipinski definition) is 4. The van der Waals surface area contributed by atoms with Gasteiger partial charge in [-0.25, -0.2) is 8.42 Å². The van der Waals surface area contributed by atoms with Gasteiger partial charge in [-0.3, -0.25) is 4.79 Å².